The summed E-state index contributed by atoms with van der Waals surface area (Å²) in [6.45, 7) is 0.0583. The molecule has 7 rings (SSSR count). The molecule has 288 valence electrons. The number of aliphatic hydroxyl groups excluding tert-OH is 1. The number of halogens is 6. The number of hydroxylamine groups is 2. The Bertz CT molecular complexity index is 2410. The summed E-state index contributed by atoms with van der Waals surface area (Å²) in [5.41, 5.74) is 6.38. The summed E-state index contributed by atoms with van der Waals surface area (Å²) < 4.78 is 33.6. The summed E-state index contributed by atoms with van der Waals surface area (Å²) in [5.74, 6) is -2.15. The van der Waals surface area contributed by atoms with Crippen LogP contribution in [0.1, 0.15) is 33.6 Å². The van der Waals surface area contributed by atoms with Crippen LogP contribution in [-0.2, 0) is 23.8 Å². The number of imidazole rings is 2. The van der Waals surface area contributed by atoms with E-state index < -0.39 is 23.4 Å². The van der Waals surface area contributed by atoms with Crippen LogP contribution in [0.5, 0.6) is 0 Å². The second-order valence-electron chi connectivity index (χ2n) is 12.4. The van der Waals surface area contributed by atoms with Gasteiger partial charge in [0.2, 0.25) is 0 Å². The number of amides is 2. The van der Waals surface area contributed by atoms with Gasteiger partial charge in [-0.25, -0.2) is 29.7 Å². The molecule has 1 aliphatic rings. The van der Waals surface area contributed by atoms with Gasteiger partial charge in [0, 0.05) is 24.1 Å². The second kappa shape index (κ2) is 17.4. The average Bonchev–Trinajstić information content (AvgIpc) is 3.79. The van der Waals surface area contributed by atoms with Gasteiger partial charge in [-0.2, -0.15) is 0 Å². The first kappa shape index (κ1) is 39.9. The van der Waals surface area contributed by atoms with Gasteiger partial charge in [0.15, 0.2) is 11.6 Å². The predicted molar refractivity (Wildman–Crippen MR) is 207 cm³/mol. The first-order chi connectivity index (χ1) is 26.4. The number of aryl methyl sites for hydroxylation is 2. The number of aromatic nitrogens is 4. The Labute approximate surface area is 332 Å². The Kier molecular flexibility index (Phi) is 12.6. The maximum Gasteiger partial charge on any atom is 0.277 e. The third-order valence-corrected chi connectivity index (χ3v) is 9.43. The quantitative estimate of drug-likeness (QED) is 0.0605. The third kappa shape index (κ3) is 9.22. The van der Waals surface area contributed by atoms with E-state index in [1.807, 2.05) is 0 Å². The molecule has 0 bridgehead atoms. The van der Waals surface area contributed by atoms with Crippen molar-refractivity contribution in [1.82, 2.24) is 30.1 Å². The van der Waals surface area contributed by atoms with E-state index >= 15 is 8.78 Å². The number of hydrogen-bond donors (Lipinski definition) is 5. The minimum absolute atomic E-state index is 0.0208. The molecule has 2 amide bonds. The minimum Gasteiger partial charge on any atom is -0.394 e. The van der Waals surface area contributed by atoms with Crippen LogP contribution in [0.15, 0.2) is 61.2 Å². The van der Waals surface area contributed by atoms with Gasteiger partial charge >= 0.3 is 0 Å². The molecule has 0 radical (unpaired) electrons. The number of fused-ring (bicyclic) bond motifs is 2. The van der Waals surface area contributed by atoms with Crippen molar-refractivity contribution in [3.05, 3.63) is 104 Å². The highest BCUT2D eigenvalue weighted by Gasteiger charge is 2.25. The van der Waals surface area contributed by atoms with E-state index in [0.717, 1.165) is 12.8 Å². The zero-order valence-corrected chi connectivity index (χ0v) is 32.0. The normalized spacial score (nSPS) is 12.4. The van der Waals surface area contributed by atoms with E-state index in [0.29, 0.717) is 50.0 Å². The molecule has 2 aromatic heterocycles. The Balaban J connectivity index is 0.000000187. The van der Waals surface area contributed by atoms with Crippen LogP contribution >= 0.6 is 46.4 Å². The van der Waals surface area contributed by atoms with Gasteiger partial charge in [-0.1, -0.05) is 46.4 Å². The second-order valence-corrected chi connectivity index (χ2v) is 14.0. The Morgan fingerprint density at radius 2 is 1.22 bits per heavy atom. The van der Waals surface area contributed by atoms with Crippen molar-refractivity contribution in [2.45, 2.75) is 12.8 Å². The van der Waals surface area contributed by atoms with Gasteiger partial charge in [-0.3, -0.25) is 19.3 Å². The van der Waals surface area contributed by atoms with Crippen LogP contribution in [-0.4, -0.2) is 55.8 Å². The van der Waals surface area contributed by atoms with Gasteiger partial charge in [0.25, 0.3) is 11.8 Å². The fourth-order valence-electron chi connectivity index (χ4n) is 5.28. The minimum atomic E-state index is -0.716. The molecule has 4 aromatic carbocycles. The molecule has 2 heterocycles. The van der Waals surface area contributed by atoms with Crippen LogP contribution in [0, 0.1) is 17.6 Å². The highest BCUT2D eigenvalue weighted by molar-refractivity contribution is 6.37. The highest BCUT2D eigenvalue weighted by atomic mass is 35.5. The number of nitrogens with one attached hydrogen (secondary N) is 4. The molecule has 0 unspecified atom stereocenters. The van der Waals surface area contributed by atoms with Crippen molar-refractivity contribution < 1.29 is 33.2 Å². The van der Waals surface area contributed by atoms with Crippen LogP contribution in [0.3, 0.4) is 0 Å². The topological polar surface area (TPSA) is 157 Å². The average molecular weight is 837 g/mol. The van der Waals surface area contributed by atoms with Gasteiger partial charge in [0.05, 0.1) is 87.4 Å². The summed E-state index contributed by atoms with van der Waals surface area (Å²) >= 11 is 24.1. The summed E-state index contributed by atoms with van der Waals surface area (Å²) in [6, 6.07) is 12.4. The summed E-state index contributed by atoms with van der Waals surface area (Å²) in [5, 5.41) is 15.9. The van der Waals surface area contributed by atoms with Crippen LogP contribution < -0.4 is 21.6 Å². The molecule has 0 spiro atoms. The van der Waals surface area contributed by atoms with Crippen molar-refractivity contribution >= 4 is 103 Å². The van der Waals surface area contributed by atoms with E-state index in [2.05, 4.69) is 31.6 Å². The van der Waals surface area contributed by atoms with Crippen molar-refractivity contribution in [2.24, 2.45) is 20.0 Å². The number of aliphatic hydroxyl groups is 1. The fourth-order valence-corrected chi connectivity index (χ4v) is 6.20. The van der Waals surface area contributed by atoms with Gasteiger partial charge in [-0.15, -0.1) is 0 Å². The first-order valence-electron chi connectivity index (χ1n) is 16.5. The zero-order valence-electron chi connectivity index (χ0n) is 29.0. The molecule has 0 aliphatic heterocycles. The lowest BCUT2D eigenvalue weighted by Gasteiger charge is -2.15. The lowest BCUT2D eigenvalue weighted by molar-refractivity contribution is 0.0169. The fraction of sp³-hybridized carbons (Fsp3) is 0.222. The first-order valence-corrected chi connectivity index (χ1v) is 18.0. The SMILES string of the molecule is Cn1cnc2c(F)c(Nc3ccc(Cl)cc3Cl)c(C(=O)NOCC3CC3)cc21.Cn1cnc2c(F)c(Nc3ccc(Cl)cc3Cl)c(C(=O)NOCCO)cc21. The van der Waals surface area contributed by atoms with Gasteiger partial charge < -0.3 is 24.9 Å². The number of rotatable bonds is 12. The zero-order chi connectivity index (χ0) is 39.4. The molecule has 0 atom stereocenters. The smallest absolute Gasteiger partial charge is 0.277 e. The molecular formula is C36H32Cl4F2N8O5. The molecule has 19 heteroatoms. The predicted octanol–water partition coefficient (Wildman–Crippen LogP) is 8.25. The molecule has 1 aliphatic carbocycles. The summed E-state index contributed by atoms with van der Waals surface area (Å²) in [6.07, 6.45) is 5.11. The van der Waals surface area contributed by atoms with Gasteiger partial charge in [0.1, 0.15) is 11.0 Å². The standard InChI is InChI=1S/C19H17Cl2FN4O2.C17H15Cl2FN4O3/c1-26-9-23-18-15(26)7-12(19(27)25-28-8-10-2-3-10)17(16(18)22)24-14-5-4-11(20)6-13(14)21;1-24-8-21-16-13(24)7-10(17(26)23-27-5-4-25)15(14(16)20)22-12-3-2-9(18)6-11(12)19/h4-7,9-10,24H,2-3,8H2,1H3,(H,25,27);2-3,6-8,22,25H,4-5H2,1H3,(H,23,26). The van der Waals surface area contributed by atoms with E-state index in [1.54, 1.807) is 53.6 Å². The largest absolute Gasteiger partial charge is 0.394 e. The van der Waals surface area contributed by atoms with E-state index in [4.69, 9.17) is 61.2 Å². The van der Waals surface area contributed by atoms with Crippen LogP contribution in [0.4, 0.5) is 31.5 Å². The molecule has 6 aromatic rings. The number of nitrogens with zero attached hydrogens (tertiary/aromatic N) is 4. The molecule has 1 saturated carbocycles. The maximum absolute atomic E-state index is 15.2. The van der Waals surface area contributed by atoms with E-state index in [9.17, 15) is 9.59 Å². The van der Waals surface area contributed by atoms with Crippen molar-refractivity contribution in [3.8, 4) is 0 Å². The highest BCUT2D eigenvalue weighted by Crippen LogP contribution is 2.36. The monoisotopic (exact) mass is 834 g/mol. The third-order valence-electron chi connectivity index (χ3n) is 8.33. The Hall–Kier alpha value is -4.74. The van der Waals surface area contributed by atoms with Crippen molar-refractivity contribution in [3.63, 3.8) is 0 Å². The number of hydrogen-bond acceptors (Lipinski definition) is 9. The number of anilines is 4. The summed E-state index contributed by atoms with van der Waals surface area (Å²) in [4.78, 5) is 43.4. The van der Waals surface area contributed by atoms with E-state index in [1.165, 1.54) is 30.9 Å². The van der Waals surface area contributed by atoms with Crippen LogP contribution in [0.2, 0.25) is 20.1 Å². The molecule has 0 saturated heterocycles. The van der Waals surface area contributed by atoms with Crippen LogP contribution in [0.25, 0.3) is 22.1 Å². The molecule has 1 fully saturated rings. The number of benzene rings is 4. The molecule has 13 nitrogen and oxygen atoms in total. The lowest BCUT2D eigenvalue weighted by Crippen LogP contribution is -2.26. The maximum atomic E-state index is 15.2. The molecule has 5 N–H and O–H groups in total. The lowest BCUT2D eigenvalue weighted by atomic mass is 10.1. The number of carbonyl (C=O) groups excluding carboxylic acids is 2. The molecule has 55 heavy (non-hydrogen) atoms. The Morgan fingerprint density at radius 1 is 0.764 bits per heavy atom. The number of carbonyl (C=O) groups is 2. The Morgan fingerprint density at radius 3 is 1.64 bits per heavy atom. The molecular weight excluding hydrogens is 804 g/mol. The van der Waals surface area contributed by atoms with Crippen molar-refractivity contribution in [2.75, 3.05) is 30.5 Å². The van der Waals surface area contributed by atoms with Crippen molar-refractivity contribution in [1.29, 1.82) is 0 Å². The van der Waals surface area contributed by atoms with E-state index in [-0.39, 0.29) is 51.8 Å². The van der Waals surface area contributed by atoms with Gasteiger partial charge in [-0.05, 0) is 67.3 Å². The summed E-state index contributed by atoms with van der Waals surface area (Å²) in [7, 11) is 3.41.